The third-order valence-corrected chi connectivity index (χ3v) is 2.45. The van der Waals surface area contributed by atoms with E-state index in [1.54, 1.807) is 0 Å². The van der Waals surface area contributed by atoms with Crippen molar-refractivity contribution in [2.24, 2.45) is 0 Å². The van der Waals surface area contributed by atoms with Crippen LogP contribution < -0.4 is 0 Å². The minimum absolute atomic E-state index is 0.600. The van der Waals surface area contributed by atoms with Crippen molar-refractivity contribution in [1.82, 2.24) is 14.5 Å². The molecule has 0 saturated carbocycles. The van der Waals surface area contributed by atoms with Gasteiger partial charge in [-0.25, -0.2) is 4.98 Å². The highest BCUT2D eigenvalue weighted by atomic mass is 15.2. The number of aromatic nitrogens is 2. The lowest BCUT2D eigenvalue weighted by atomic mass is 10.2. The van der Waals surface area contributed by atoms with Crippen LogP contribution in [-0.2, 0) is 6.54 Å². The van der Waals surface area contributed by atoms with Crippen molar-refractivity contribution in [3.63, 3.8) is 0 Å². The van der Waals surface area contributed by atoms with Crippen molar-refractivity contribution >= 4 is 0 Å². The Morgan fingerprint density at radius 3 is 2.36 bits per heavy atom. The molecule has 79 valence electrons. The van der Waals surface area contributed by atoms with Crippen molar-refractivity contribution in [3.8, 4) is 0 Å². The summed E-state index contributed by atoms with van der Waals surface area (Å²) in [5.41, 5.74) is 0. The van der Waals surface area contributed by atoms with Gasteiger partial charge >= 0.3 is 0 Å². The maximum Gasteiger partial charge on any atom is 0.108 e. The predicted molar refractivity (Wildman–Crippen MR) is 58.0 cm³/mol. The monoisotopic (exact) mass is 194 g/mol. The summed E-state index contributed by atoms with van der Waals surface area (Å²) in [5.74, 6) is 0. The molecule has 1 aromatic heterocycles. The first-order valence-corrected chi connectivity index (χ1v) is 5.25. The molecule has 0 aliphatic carbocycles. The van der Waals surface area contributed by atoms with Crippen LogP contribution in [0.3, 0.4) is 0 Å². The molecule has 0 amide bonds. The van der Waals surface area contributed by atoms with E-state index in [1.807, 2.05) is 12.5 Å². The topological polar surface area (TPSA) is 21.1 Å². The van der Waals surface area contributed by atoms with Crippen molar-refractivity contribution in [3.05, 3.63) is 18.7 Å². The van der Waals surface area contributed by atoms with E-state index in [2.05, 4.69) is 48.3 Å². The van der Waals surface area contributed by atoms with Crippen LogP contribution in [0.4, 0.5) is 0 Å². The smallest absolute Gasteiger partial charge is 0.108 e. The van der Waals surface area contributed by atoms with E-state index in [9.17, 15) is 0 Å². The second-order valence-corrected chi connectivity index (χ2v) is 4.17. The van der Waals surface area contributed by atoms with E-state index in [-0.39, 0.29) is 0 Å². The lowest BCUT2D eigenvalue weighted by Crippen LogP contribution is -2.39. The summed E-state index contributed by atoms with van der Waals surface area (Å²) in [7, 11) is 0. The Labute approximate surface area is 86.7 Å². The van der Waals surface area contributed by atoms with E-state index in [0.717, 1.165) is 13.1 Å². The lowest BCUT2D eigenvalue weighted by molar-refractivity contribution is 0.168. The Morgan fingerprint density at radius 2 is 1.93 bits per heavy atom. The van der Waals surface area contributed by atoms with Gasteiger partial charge in [-0.3, -0.25) is 4.90 Å². The Balaban J connectivity index is 2.41. The molecule has 0 unspecified atom stereocenters. The molecule has 1 radical (unpaired) electrons. The van der Waals surface area contributed by atoms with Gasteiger partial charge in [-0.05, 0) is 27.7 Å². The average Bonchev–Trinajstić information content (AvgIpc) is 2.55. The molecule has 3 nitrogen and oxygen atoms in total. The zero-order valence-corrected chi connectivity index (χ0v) is 9.57. The minimum Gasteiger partial charge on any atom is -0.335 e. The summed E-state index contributed by atoms with van der Waals surface area (Å²) in [6.07, 6.45) is 6.51. The second kappa shape index (κ2) is 5.15. The van der Waals surface area contributed by atoms with Crippen LogP contribution >= 0.6 is 0 Å². The molecule has 1 rings (SSSR count). The van der Waals surface area contributed by atoms with Crippen LogP contribution in [0.1, 0.15) is 27.7 Å². The summed E-state index contributed by atoms with van der Waals surface area (Å²) >= 11 is 0. The first-order chi connectivity index (χ1) is 6.61. The minimum atomic E-state index is 0.600. The number of rotatable bonds is 5. The van der Waals surface area contributed by atoms with E-state index in [4.69, 9.17) is 0 Å². The van der Waals surface area contributed by atoms with Gasteiger partial charge in [0.15, 0.2) is 0 Å². The fourth-order valence-corrected chi connectivity index (χ4v) is 1.71. The maximum absolute atomic E-state index is 3.91. The van der Waals surface area contributed by atoms with E-state index in [0.29, 0.717) is 12.1 Å². The highest BCUT2D eigenvalue weighted by Crippen LogP contribution is 2.04. The molecule has 14 heavy (non-hydrogen) atoms. The van der Waals surface area contributed by atoms with Crippen LogP contribution in [0.2, 0.25) is 0 Å². The summed E-state index contributed by atoms with van der Waals surface area (Å²) < 4.78 is 2.07. The molecule has 0 aromatic carbocycles. The van der Waals surface area contributed by atoms with Gasteiger partial charge < -0.3 is 4.57 Å². The fourth-order valence-electron chi connectivity index (χ4n) is 1.71. The van der Waals surface area contributed by atoms with Gasteiger partial charge in [0.2, 0.25) is 0 Å². The first kappa shape index (κ1) is 11.2. The molecular formula is C11H20N3. The molecule has 0 spiro atoms. The Hall–Kier alpha value is -0.830. The third kappa shape index (κ3) is 3.14. The number of hydrogen-bond donors (Lipinski definition) is 0. The molecule has 0 aliphatic rings. The molecule has 3 heteroatoms. The van der Waals surface area contributed by atoms with Crippen LogP contribution in [0.15, 0.2) is 12.5 Å². The van der Waals surface area contributed by atoms with Crippen LogP contribution in [0, 0.1) is 6.20 Å². The van der Waals surface area contributed by atoms with Crippen molar-refractivity contribution in [1.29, 1.82) is 0 Å². The van der Waals surface area contributed by atoms with Crippen molar-refractivity contribution in [2.45, 2.75) is 46.3 Å². The average molecular weight is 194 g/mol. The zero-order chi connectivity index (χ0) is 10.6. The molecule has 0 atom stereocenters. The Bertz CT molecular complexity index is 231. The zero-order valence-electron chi connectivity index (χ0n) is 9.57. The lowest BCUT2D eigenvalue weighted by Gasteiger charge is -2.30. The SMILES string of the molecule is CC(C)N(CCn1c[c]nc1)C(C)C. The number of hydrogen-bond acceptors (Lipinski definition) is 2. The number of imidazole rings is 1. The summed E-state index contributed by atoms with van der Waals surface area (Å²) in [5, 5.41) is 0. The molecule has 0 fully saturated rings. The standard InChI is InChI=1S/C11H20N3/c1-10(2)14(11(3)4)8-7-13-6-5-12-9-13/h6,9-11H,7-8H2,1-4H3. The van der Waals surface area contributed by atoms with Crippen LogP contribution in [-0.4, -0.2) is 33.1 Å². The van der Waals surface area contributed by atoms with Gasteiger partial charge in [0.25, 0.3) is 0 Å². The highest BCUT2D eigenvalue weighted by Gasteiger charge is 2.12. The van der Waals surface area contributed by atoms with Crippen molar-refractivity contribution < 1.29 is 0 Å². The molecular weight excluding hydrogens is 174 g/mol. The van der Waals surface area contributed by atoms with Crippen molar-refractivity contribution in [2.75, 3.05) is 6.54 Å². The van der Waals surface area contributed by atoms with Gasteiger partial charge in [0.1, 0.15) is 6.20 Å². The normalized spacial score (nSPS) is 11.9. The molecule has 0 saturated heterocycles. The summed E-state index contributed by atoms with van der Waals surface area (Å²) in [4.78, 5) is 6.38. The predicted octanol–water partition coefficient (Wildman–Crippen LogP) is 1.80. The van der Waals surface area contributed by atoms with Gasteiger partial charge in [-0.1, -0.05) is 0 Å². The summed E-state index contributed by atoms with van der Waals surface area (Å²) in [6, 6.07) is 1.20. The van der Waals surface area contributed by atoms with E-state index in [1.165, 1.54) is 0 Å². The Morgan fingerprint density at radius 1 is 1.29 bits per heavy atom. The van der Waals surface area contributed by atoms with Crippen LogP contribution in [0.25, 0.3) is 0 Å². The molecule has 0 N–H and O–H groups in total. The maximum atomic E-state index is 3.91. The van der Waals surface area contributed by atoms with Gasteiger partial charge in [0.05, 0.1) is 6.33 Å². The van der Waals surface area contributed by atoms with E-state index < -0.39 is 0 Å². The van der Waals surface area contributed by atoms with Crippen LogP contribution in [0.5, 0.6) is 0 Å². The fraction of sp³-hybridized carbons (Fsp3) is 0.727. The van der Waals surface area contributed by atoms with Gasteiger partial charge in [0, 0.05) is 31.4 Å². The molecule has 0 bridgehead atoms. The molecule has 1 heterocycles. The molecule has 1 aromatic rings. The van der Waals surface area contributed by atoms with Gasteiger partial charge in [-0.15, -0.1) is 0 Å². The van der Waals surface area contributed by atoms with E-state index >= 15 is 0 Å². The second-order valence-electron chi connectivity index (χ2n) is 4.17. The first-order valence-electron chi connectivity index (χ1n) is 5.25. The van der Waals surface area contributed by atoms with Gasteiger partial charge in [-0.2, -0.15) is 0 Å². The third-order valence-electron chi connectivity index (χ3n) is 2.45. The quantitative estimate of drug-likeness (QED) is 0.712. The largest absolute Gasteiger partial charge is 0.335 e. The number of nitrogens with zero attached hydrogens (tertiary/aromatic N) is 3. The Kier molecular flexibility index (Phi) is 4.14. The molecule has 0 aliphatic heterocycles. The highest BCUT2D eigenvalue weighted by molar-refractivity contribution is 4.74. The summed E-state index contributed by atoms with van der Waals surface area (Å²) in [6.45, 7) is 11.0.